The first-order valence-corrected chi connectivity index (χ1v) is 11.4. The number of nitrogens with zero attached hydrogens (tertiary/aromatic N) is 2. The SMILES string of the molecule is Cc1ccccc1[C@@H](C(=O)NC1CCCCC1)N(C(=O)c1ccccn1)c1cccc(F)c1. The summed E-state index contributed by atoms with van der Waals surface area (Å²) in [5.74, 6) is -1.22. The van der Waals surface area contributed by atoms with Crippen molar-refractivity contribution >= 4 is 17.5 Å². The van der Waals surface area contributed by atoms with E-state index in [0.717, 1.165) is 31.2 Å². The van der Waals surface area contributed by atoms with Crippen molar-refractivity contribution in [1.29, 1.82) is 0 Å². The van der Waals surface area contributed by atoms with E-state index in [0.29, 0.717) is 11.3 Å². The molecule has 33 heavy (non-hydrogen) atoms. The molecule has 2 aromatic carbocycles. The van der Waals surface area contributed by atoms with Gasteiger partial charge < -0.3 is 5.32 Å². The second kappa shape index (κ2) is 10.4. The molecule has 0 unspecified atom stereocenters. The maximum absolute atomic E-state index is 14.3. The molecular weight excluding hydrogens is 417 g/mol. The number of hydrogen-bond donors (Lipinski definition) is 1. The van der Waals surface area contributed by atoms with E-state index in [9.17, 15) is 14.0 Å². The van der Waals surface area contributed by atoms with Gasteiger partial charge in [0.05, 0.1) is 0 Å². The number of amides is 2. The molecule has 6 heteroatoms. The van der Waals surface area contributed by atoms with Gasteiger partial charge in [0.2, 0.25) is 5.91 Å². The van der Waals surface area contributed by atoms with Gasteiger partial charge in [-0.1, -0.05) is 55.7 Å². The third-order valence-electron chi connectivity index (χ3n) is 6.13. The van der Waals surface area contributed by atoms with E-state index >= 15 is 0 Å². The van der Waals surface area contributed by atoms with Crippen LogP contribution < -0.4 is 10.2 Å². The Morgan fingerprint density at radius 3 is 2.45 bits per heavy atom. The first-order valence-electron chi connectivity index (χ1n) is 11.4. The smallest absolute Gasteiger partial charge is 0.277 e. The van der Waals surface area contributed by atoms with Crippen LogP contribution in [0.1, 0.15) is 59.8 Å². The van der Waals surface area contributed by atoms with Crippen molar-refractivity contribution in [2.24, 2.45) is 0 Å². The van der Waals surface area contributed by atoms with Crippen LogP contribution in [0.5, 0.6) is 0 Å². The number of benzene rings is 2. The van der Waals surface area contributed by atoms with Crippen LogP contribution in [-0.2, 0) is 4.79 Å². The Bertz CT molecular complexity index is 1110. The van der Waals surface area contributed by atoms with Gasteiger partial charge >= 0.3 is 0 Å². The molecule has 1 N–H and O–H groups in total. The summed E-state index contributed by atoms with van der Waals surface area (Å²) in [4.78, 5) is 33.1. The number of nitrogens with one attached hydrogen (secondary N) is 1. The standard InChI is InChI=1S/C27H28FN3O2/c1-19-10-5-6-15-23(19)25(26(32)30-21-12-3-2-4-13-21)31(22-14-9-11-20(28)18-22)27(33)24-16-7-8-17-29-24/h5-11,14-18,21,25H,2-4,12-13H2,1H3,(H,30,32)/t25-/m0/s1. The average molecular weight is 446 g/mol. The number of carbonyl (C=O) groups is 2. The molecule has 1 aliphatic carbocycles. The fourth-order valence-corrected chi connectivity index (χ4v) is 4.44. The lowest BCUT2D eigenvalue weighted by atomic mass is 9.93. The molecule has 1 aromatic heterocycles. The van der Waals surface area contributed by atoms with Gasteiger partial charge in [0.25, 0.3) is 5.91 Å². The summed E-state index contributed by atoms with van der Waals surface area (Å²) >= 11 is 0. The number of aryl methyl sites for hydroxylation is 1. The number of pyridine rings is 1. The topological polar surface area (TPSA) is 62.3 Å². The van der Waals surface area contributed by atoms with Gasteiger partial charge in [0.15, 0.2) is 0 Å². The number of rotatable bonds is 6. The molecule has 0 bridgehead atoms. The van der Waals surface area contributed by atoms with Crippen LogP contribution in [0.2, 0.25) is 0 Å². The van der Waals surface area contributed by atoms with Gasteiger partial charge in [-0.25, -0.2) is 4.39 Å². The monoisotopic (exact) mass is 445 g/mol. The van der Waals surface area contributed by atoms with Crippen LogP contribution in [0.3, 0.4) is 0 Å². The van der Waals surface area contributed by atoms with Gasteiger partial charge in [-0.2, -0.15) is 0 Å². The van der Waals surface area contributed by atoms with Crippen molar-refractivity contribution in [3.63, 3.8) is 0 Å². The van der Waals surface area contributed by atoms with E-state index in [1.807, 2.05) is 31.2 Å². The molecular formula is C27H28FN3O2. The van der Waals surface area contributed by atoms with E-state index in [-0.39, 0.29) is 17.6 Å². The van der Waals surface area contributed by atoms with Crippen molar-refractivity contribution in [3.8, 4) is 0 Å². The molecule has 0 radical (unpaired) electrons. The van der Waals surface area contributed by atoms with Crippen LogP contribution in [0, 0.1) is 12.7 Å². The fraction of sp³-hybridized carbons (Fsp3) is 0.296. The van der Waals surface area contributed by atoms with E-state index in [1.54, 1.807) is 24.3 Å². The maximum atomic E-state index is 14.3. The molecule has 5 nitrogen and oxygen atoms in total. The van der Waals surface area contributed by atoms with Gasteiger partial charge in [-0.3, -0.25) is 19.5 Å². The van der Waals surface area contributed by atoms with Gasteiger partial charge in [-0.05, 0) is 61.2 Å². The number of hydrogen-bond acceptors (Lipinski definition) is 3. The van der Waals surface area contributed by atoms with Gasteiger partial charge in [0.1, 0.15) is 17.6 Å². The van der Waals surface area contributed by atoms with Crippen LogP contribution in [0.4, 0.5) is 10.1 Å². The molecule has 3 aromatic rings. The predicted octanol–water partition coefficient (Wildman–Crippen LogP) is 5.37. The largest absolute Gasteiger partial charge is 0.351 e. The zero-order chi connectivity index (χ0) is 23.2. The molecule has 0 spiro atoms. The predicted molar refractivity (Wildman–Crippen MR) is 126 cm³/mol. The quantitative estimate of drug-likeness (QED) is 0.555. The number of anilines is 1. The van der Waals surface area contributed by atoms with E-state index in [1.165, 1.54) is 35.7 Å². The third-order valence-corrected chi connectivity index (χ3v) is 6.13. The minimum absolute atomic E-state index is 0.0667. The molecule has 0 aliphatic heterocycles. The Labute approximate surface area is 193 Å². The van der Waals surface area contributed by atoms with Crippen LogP contribution in [0.15, 0.2) is 72.9 Å². The van der Waals surface area contributed by atoms with Crippen LogP contribution in [0.25, 0.3) is 0 Å². The summed E-state index contributed by atoms with van der Waals surface area (Å²) in [5.41, 5.74) is 2.05. The molecule has 1 atom stereocenters. The number of halogens is 1. The highest BCUT2D eigenvalue weighted by molar-refractivity contribution is 6.09. The molecule has 1 aliphatic rings. The van der Waals surface area contributed by atoms with Crippen molar-refractivity contribution in [3.05, 3.63) is 95.6 Å². The van der Waals surface area contributed by atoms with Crippen molar-refractivity contribution < 1.29 is 14.0 Å². The Kier molecular flexibility index (Phi) is 7.13. The molecule has 4 rings (SSSR count). The van der Waals surface area contributed by atoms with Crippen LogP contribution >= 0.6 is 0 Å². The molecule has 1 heterocycles. The van der Waals surface area contributed by atoms with Gasteiger partial charge in [0, 0.05) is 17.9 Å². The van der Waals surface area contributed by atoms with Crippen LogP contribution in [-0.4, -0.2) is 22.8 Å². The van der Waals surface area contributed by atoms with E-state index in [4.69, 9.17) is 0 Å². The normalized spacial score (nSPS) is 15.0. The summed E-state index contributed by atoms with van der Waals surface area (Å²) in [6.45, 7) is 1.91. The lowest BCUT2D eigenvalue weighted by molar-refractivity contribution is -0.123. The molecule has 2 amide bonds. The van der Waals surface area contributed by atoms with E-state index in [2.05, 4.69) is 10.3 Å². The molecule has 170 valence electrons. The van der Waals surface area contributed by atoms with Crippen molar-refractivity contribution in [1.82, 2.24) is 10.3 Å². The summed E-state index contributed by atoms with van der Waals surface area (Å²) < 4.78 is 14.3. The van der Waals surface area contributed by atoms with E-state index < -0.39 is 17.8 Å². The second-order valence-electron chi connectivity index (χ2n) is 8.47. The molecule has 0 saturated heterocycles. The second-order valence-corrected chi connectivity index (χ2v) is 8.47. The fourth-order valence-electron chi connectivity index (χ4n) is 4.44. The number of aromatic nitrogens is 1. The Morgan fingerprint density at radius 2 is 1.76 bits per heavy atom. The summed E-state index contributed by atoms with van der Waals surface area (Å²) in [7, 11) is 0. The highest BCUT2D eigenvalue weighted by Gasteiger charge is 2.36. The Balaban J connectivity index is 1.82. The number of carbonyl (C=O) groups excluding carboxylic acids is 2. The zero-order valence-electron chi connectivity index (χ0n) is 18.7. The summed E-state index contributed by atoms with van der Waals surface area (Å²) in [6, 6.07) is 17.4. The Hall–Kier alpha value is -3.54. The minimum Gasteiger partial charge on any atom is -0.351 e. The van der Waals surface area contributed by atoms with Crippen molar-refractivity contribution in [2.45, 2.75) is 51.1 Å². The lowest BCUT2D eigenvalue weighted by Gasteiger charge is -2.34. The lowest BCUT2D eigenvalue weighted by Crippen LogP contribution is -2.47. The molecule has 1 saturated carbocycles. The highest BCUT2D eigenvalue weighted by atomic mass is 19.1. The Morgan fingerprint density at radius 1 is 1.00 bits per heavy atom. The summed E-state index contributed by atoms with van der Waals surface area (Å²) in [6.07, 6.45) is 6.67. The third kappa shape index (κ3) is 5.28. The first kappa shape index (κ1) is 22.6. The van der Waals surface area contributed by atoms with Crippen molar-refractivity contribution in [2.75, 3.05) is 4.90 Å². The minimum atomic E-state index is -0.968. The zero-order valence-corrected chi connectivity index (χ0v) is 18.7. The first-order chi connectivity index (χ1) is 16.0. The summed E-state index contributed by atoms with van der Waals surface area (Å²) in [5, 5.41) is 3.17. The maximum Gasteiger partial charge on any atom is 0.277 e. The van der Waals surface area contributed by atoms with Gasteiger partial charge in [-0.15, -0.1) is 0 Å². The highest BCUT2D eigenvalue weighted by Crippen LogP contribution is 2.32. The average Bonchev–Trinajstić information content (AvgIpc) is 2.84. The molecule has 1 fully saturated rings.